The quantitative estimate of drug-likeness (QED) is 0.770. The van der Waals surface area contributed by atoms with Gasteiger partial charge < -0.3 is 0 Å². The number of allylic oxidation sites excluding steroid dienone is 1. The molecule has 0 spiro atoms. The van der Waals surface area contributed by atoms with Crippen LogP contribution in [0.25, 0.3) is 5.57 Å². The van der Waals surface area contributed by atoms with Crippen molar-refractivity contribution >= 4 is 5.57 Å². The number of likely N-dealkylation sites (tertiary alicyclic amines) is 1. The maximum Gasteiger partial charge on any atom is 0.126 e. The summed E-state index contributed by atoms with van der Waals surface area (Å²) in [6.45, 7) is 6.68. The summed E-state index contributed by atoms with van der Waals surface area (Å²) in [5, 5.41) is 0. The van der Waals surface area contributed by atoms with E-state index in [9.17, 15) is 4.39 Å². The predicted molar refractivity (Wildman–Crippen MR) is 77.6 cm³/mol. The molecule has 1 aromatic rings. The molecule has 3 rings (SSSR count). The number of rotatable bonds is 2. The minimum absolute atomic E-state index is 0.0884. The molecule has 1 fully saturated rings. The highest BCUT2D eigenvalue weighted by atomic mass is 19.1. The summed E-state index contributed by atoms with van der Waals surface area (Å²) in [7, 11) is 0. The van der Waals surface area contributed by atoms with Gasteiger partial charge in [0.2, 0.25) is 0 Å². The summed E-state index contributed by atoms with van der Waals surface area (Å²) in [4.78, 5) is 2.59. The van der Waals surface area contributed by atoms with Crippen LogP contribution in [0.3, 0.4) is 0 Å². The number of aryl methyl sites for hydroxylation is 1. The van der Waals surface area contributed by atoms with Crippen LogP contribution in [-0.4, -0.2) is 23.5 Å². The van der Waals surface area contributed by atoms with Crippen molar-refractivity contribution in [2.24, 2.45) is 0 Å². The third-order valence-electron chi connectivity index (χ3n) is 4.88. The third-order valence-corrected chi connectivity index (χ3v) is 4.88. The Morgan fingerprint density at radius 2 is 2.05 bits per heavy atom. The molecule has 1 aliphatic carbocycles. The fourth-order valence-corrected chi connectivity index (χ4v) is 3.15. The van der Waals surface area contributed by atoms with Gasteiger partial charge in [0.05, 0.1) is 0 Å². The first-order valence-corrected chi connectivity index (χ1v) is 7.29. The summed E-state index contributed by atoms with van der Waals surface area (Å²) in [6.07, 6.45) is 7.02. The van der Waals surface area contributed by atoms with Gasteiger partial charge in [-0.25, -0.2) is 4.39 Å². The molecule has 0 N–H and O–H groups in total. The molecular weight excluding hydrogens is 237 g/mol. The highest BCUT2D eigenvalue weighted by Gasteiger charge is 2.36. The molecule has 0 saturated carbocycles. The molecule has 102 valence electrons. The second-order valence-corrected chi connectivity index (χ2v) is 6.23. The zero-order chi connectivity index (χ0) is 13.5. The Hall–Kier alpha value is -1.15. The molecule has 19 heavy (non-hydrogen) atoms. The molecule has 0 amide bonds. The molecule has 2 aliphatic rings. The normalized spacial score (nSPS) is 27.8. The molecule has 2 heteroatoms. The molecule has 0 aromatic heterocycles. The Kier molecular flexibility index (Phi) is 3.22. The zero-order valence-electron chi connectivity index (χ0n) is 11.9. The van der Waals surface area contributed by atoms with Crippen molar-refractivity contribution in [3.05, 3.63) is 41.2 Å². The Morgan fingerprint density at radius 3 is 2.58 bits per heavy atom. The van der Waals surface area contributed by atoms with Crippen LogP contribution in [0.1, 0.15) is 43.7 Å². The molecule has 0 radical (unpaired) electrons. The summed E-state index contributed by atoms with van der Waals surface area (Å²) >= 11 is 0. The molecule has 1 saturated heterocycles. The van der Waals surface area contributed by atoms with Gasteiger partial charge in [0.25, 0.3) is 0 Å². The average Bonchev–Trinajstić information content (AvgIpc) is 2.31. The van der Waals surface area contributed by atoms with Crippen LogP contribution in [0.4, 0.5) is 4.39 Å². The van der Waals surface area contributed by atoms with Gasteiger partial charge in [0, 0.05) is 5.54 Å². The second kappa shape index (κ2) is 4.75. The first-order valence-electron chi connectivity index (χ1n) is 7.29. The number of hydrogen-bond donors (Lipinski definition) is 0. The second-order valence-electron chi connectivity index (χ2n) is 6.23. The van der Waals surface area contributed by atoms with Gasteiger partial charge in [-0.05, 0) is 75.4 Å². The minimum atomic E-state index is -0.0884. The van der Waals surface area contributed by atoms with E-state index in [-0.39, 0.29) is 5.82 Å². The molecule has 1 unspecified atom stereocenters. The summed E-state index contributed by atoms with van der Waals surface area (Å²) in [6, 6.07) is 5.62. The van der Waals surface area contributed by atoms with Crippen molar-refractivity contribution in [3.63, 3.8) is 0 Å². The Bertz CT molecular complexity index is 516. The average molecular weight is 259 g/mol. The lowest BCUT2D eigenvalue weighted by atomic mass is 9.79. The van der Waals surface area contributed by atoms with Gasteiger partial charge in [0.1, 0.15) is 5.82 Å². The Balaban J connectivity index is 1.78. The number of halogens is 1. The maximum atomic E-state index is 13.6. The smallest absolute Gasteiger partial charge is 0.126 e. The van der Waals surface area contributed by atoms with Crippen molar-refractivity contribution in [1.82, 2.24) is 4.90 Å². The monoisotopic (exact) mass is 259 g/mol. The van der Waals surface area contributed by atoms with Crippen molar-refractivity contribution in [2.75, 3.05) is 13.1 Å². The first kappa shape index (κ1) is 12.9. The minimum Gasteiger partial charge on any atom is -0.298 e. The summed E-state index contributed by atoms with van der Waals surface area (Å²) in [5.74, 6) is -0.0884. The van der Waals surface area contributed by atoms with E-state index < -0.39 is 0 Å². The predicted octanol–water partition coefficient (Wildman–Crippen LogP) is 4.17. The van der Waals surface area contributed by atoms with Crippen molar-refractivity contribution in [3.8, 4) is 0 Å². The molecule has 1 heterocycles. The summed E-state index contributed by atoms with van der Waals surface area (Å²) < 4.78 is 13.6. The maximum absolute atomic E-state index is 13.6. The van der Waals surface area contributed by atoms with Crippen LogP contribution in [-0.2, 0) is 0 Å². The highest BCUT2D eigenvalue weighted by Crippen LogP contribution is 2.38. The van der Waals surface area contributed by atoms with Gasteiger partial charge in [-0.15, -0.1) is 0 Å². The van der Waals surface area contributed by atoms with E-state index in [4.69, 9.17) is 0 Å². The Labute approximate surface area is 115 Å². The third kappa shape index (κ3) is 2.34. The van der Waals surface area contributed by atoms with E-state index in [2.05, 4.69) is 24.0 Å². The first-order chi connectivity index (χ1) is 9.08. The van der Waals surface area contributed by atoms with Crippen LogP contribution in [0.15, 0.2) is 24.3 Å². The van der Waals surface area contributed by atoms with E-state index in [1.165, 1.54) is 31.5 Å². The van der Waals surface area contributed by atoms with E-state index in [1.807, 2.05) is 13.0 Å². The van der Waals surface area contributed by atoms with Gasteiger partial charge in [-0.2, -0.15) is 0 Å². The van der Waals surface area contributed by atoms with Crippen LogP contribution in [0.5, 0.6) is 0 Å². The van der Waals surface area contributed by atoms with E-state index in [0.29, 0.717) is 5.54 Å². The summed E-state index contributed by atoms with van der Waals surface area (Å²) in [5.41, 5.74) is 3.45. The van der Waals surface area contributed by atoms with Gasteiger partial charge in [-0.3, -0.25) is 4.90 Å². The zero-order valence-corrected chi connectivity index (χ0v) is 11.9. The van der Waals surface area contributed by atoms with Gasteiger partial charge >= 0.3 is 0 Å². The van der Waals surface area contributed by atoms with Crippen LogP contribution in [0, 0.1) is 12.7 Å². The van der Waals surface area contributed by atoms with Gasteiger partial charge in [-0.1, -0.05) is 18.2 Å². The lowest BCUT2D eigenvalue weighted by Gasteiger charge is -2.48. The molecule has 1 aromatic carbocycles. The van der Waals surface area contributed by atoms with Crippen LogP contribution in [0.2, 0.25) is 0 Å². The lowest BCUT2D eigenvalue weighted by Crippen LogP contribution is -2.53. The Morgan fingerprint density at radius 1 is 1.26 bits per heavy atom. The fourth-order valence-electron chi connectivity index (χ4n) is 3.15. The van der Waals surface area contributed by atoms with Crippen LogP contribution >= 0.6 is 0 Å². The number of nitrogens with zero attached hydrogens (tertiary/aromatic N) is 1. The molecule has 1 nitrogen and oxygen atoms in total. The SMILES string of the molecule is Cc1ccc(C2=CCC(C)(N3CCC3)CC2)cc1F. The molecule has 1 atom stereocenters. The number of benzene rings is 1. The lowest BCUT2D eigenvalue weighted by molar-refractivity contribution is 0.0361. The highest BCUT2D eigenvalue weighted by molar-refractivity contribution is 5.67. The van der Waals surface area contributed by atoms with E-state index >= 15 is 0 Å². The standard InChI is InChI=1S/C17H22FN/c1-13-4-5-15(12-16(13)18)14-6-8-17(2,9-7-14)19-10-3-11-19/h4-6,12H,3,7-11H2,1-2H3. The fraction of sp³-hybridized carbons (Fsp3) is 0.529. The largest absolute Gasteiger partial charge is 0.298 e. The number of hydrogen-bond acceptors (Lipinski definition) is 1. The van der Waals surface area contributed by atoms with Crippen molar-refractivity contribution < 1.29 is 4.39 Å². The van der Waals surface area contributed by atoms with Crippen molar-refractivity contribution in [2.45, 2.75) is 45.1 Å². The van der Waals surface area contributed by atoms with Crippen molar-refractivity contribution in [1.29, 1.82) is 0 Å². The van der Waals surface area contributed by atoms with Gasteiger partial charge in [0.15, 0.2) is 0 Å². The topological polar surface area (TPSA) is 3.24 Å². The molecule has 0 bridgehead atoms. The molecule has 1 aliphatic heterocycles. The van der Waals surface area contributed by atoms with E-state index in [1.54, 1.807) is 6.07 Å². The van der Waals surface area contributed by atoms with E-state index in [0.717, 1.165) is 24.0 Å². The molecular formula is C17H22FN. The van der Waals surface area contributed by atoms with Crippen LogP contribution < -0.4 is 0 Å².